The number of carbonyl (C=O) groups is 2. The van der Waals surface area contributed by atoms with Gasteiger partial charge in [0.25, 0.3) is 0 Å². The normalized spacial score (nSPS) is 14.3. The molecule has 0 saturated carbocycles. The SMILES string of the molecule is CC(=O)CCC(=O)NC(C)CCS(C)=O. The summed E-state index contributed by atoms with van der Waals surface area (Å²) in [4.78, 5) is 21.9. The molecule has 1 N–H and O–H groups in total. The number of ketones is 1. The van der Waals surface area contributed by atoms with Crippen LogP contribution in [0.5, 0.6) is 0 Å². The van der Waals surface area contributed by atoms with E-state index in [0.29, 0.717) is 12.2 Å². The molecule has 0 saturated heterocycles. The molecule has 0 aromatic rings. The highest BCUT2D eigenvalue weighted by atomic mass is 32.2. The fraction of sp³-hybridized carbons (Fsp3) is 0.800. The van der Waals surface area contributed by atoms with Crippen LogP contribution in [-0.4, -0.2) is 33.9 Å². The molecule has 0 rings (SSSR count). The lowest BCUT2D eigenvalue weighted by Crippen LogP contribution is -2.33. The van der Waals surface area contributed by atoms with Crippen LogP contribution >= 0.6 is 0 Å². The van der Waals surface area contributed by atoms with Crippen LogP contribution < -0.4 is 5.32 Å². The van der Waals surface area contributed by atoms with Gasteiger partial charge in [-0.05, 0) is 20.3 Å². The third-order valence-corrected chi connectivity index (χ3v) is 2.76. The van der Waals surface area contributed by atoms with Crippen molar-refractivity contribution in [3.8, 4) is 0 Å². The zero-order valence-electron chi connectivity index (χ0n) is 9.54. The average molecular weight is 233 g/mol. The first-order valence-corrected chi connectivity index (χ1v) is 6.73. The van der Waals surface area contributed by atoms with Crippen molar-refractivity contribution in [2.45, 2.75) is 39.2 Å². The van der Waals surface area contributed by atoms with E-state index in [2.05, 4.69) is 5.32 Å². The standard InChI is InChI=1S/C10H19NO3S/c1-8(6-7-15(3)14)11-10(13)5-4-9(2)12/h8H,4-7H2,1-3H3,(H,11,13). The average Bonchev–Trinajstić information content (AvgIpc) is 2.11. The Balaban J connectivity index is 3.66. The second-order valence-electron chi connectivity index (χ2n) is 3.74. The molecule has 4 nitrogen and oxygen atoms in total. The van der Waals surface area contributed by atoms with Gasteiger partial charge in [0, 0.05) is 41.7 Å². The monoisotopic (exact) mass is 233 g/mol. The predicted octanol–water partition coefficient (Wildman–Crippen LogP) is 0.629. The summed E-state index contributed by atoms with van der Waals surface area (Å²) in [5, 5.41) is 2.76. The molecule has 0 bridgehead atoms. The first-order chi connectivity index (χ1) is 6.91. The van der Waals surface area contributed by atoms with Gasteiger partial charge in [-0.1, -0.05) is 0 Å². The van der Waals surface area contributed by atoms with Crippen molar-refractivity contribution in [3.63, 3.8) is 0 Å². The van der Waals surface area contributed by atoms with E-state index in [9.17, 15) is 13.8 Å². The van der Waals surface area contributed by atoms with Gasteiger partial charge in [0.1, 0.15) is 5.78 Å². The van der Waals surface area contributed by atoms with Gasteiger partial charge in [-0.2, -0.15) is 0 Å². The van der Waals surface area contributed by atoms with Crippen molar-refractivity contribution in [1.29, 1.82) is 0 Å². The summed E-state index contributed by atoms with van der Waals surface area (Å²) in [6.45, 7) is 3.34. The maximum Gasteiger partial charge on any atom is 0.220 e. The smallest absolute Gasteiger partial charge is 0.220 e. The molecule has 0 aliphatic heterocycles. The van der Waals surface area contributed by atoms with Gasteiger partial charge < -0.3 is 10.1 Å². The number of nitrogens with one attached hydrogen (secondary N) is 1. The maximum atomic E-state index is 11.3. The maximum absolute atomic E-state index is 11.3. The third-order valence-electron chi connectivity index (χ3n) is 1.95. The molecule has 88 valence electrons. The van der Waals surface area contributed by atoms with Gasteiger partial charge in [-0.25, -0.2) is 0 Å². The van der Waals surface area contributed by atoms with Crippen LogP contribution in [0, 0.1) is 0 Å². The minimum atomic E-state index is -0.817. The van der Waals surface area contributed by atoms with Crippen molar-refractivity contribution in [3.05, 3.63) is 0 Å². The van der Waals surface area contributed by atoms with Crippen molar-refractivity contribution >= 4 is 22.5 Å². The van der Waals surface area contributed by atoms with Crippen LogP contribution in [0.25, 0.3) is 0 Å². The fourth-order valence-electron chi connectivity index (χ4n) is 1.05. The van der Waals surface area contributed by atoms with Crippen molar-refractivity contribution in [2.75, 3.05) is 12.0 Å². The van der Waals surface area contributed by atoms with E-state index >= 15 is 0 Å². The summed E-state index contributed by atoms with van der Waals surface area (Å²) in [6.07, 6.45) is 2.88. The summed E-state index contributed by atoms with van der Waals surface area (Å²) in [6, 6.07) is 0.0216. The Hall–Kier alpha value is -0.710. The molecular weight excluding hydrogens is 214 g/mol. The van der Waals surface area contributed by atoms with Crippen LogP contribution in [0.4, 0.5) is 0 Å². The molecule has 0 spiro atoms. The number of rotatable bonds is 7. The summed E-state index contributed by atoms with van der Waals surface area (Å²) >= 11 is 0. The summed E-state index contributed by atoms with van der Waals surface area (Å²) < 4.78 is 10.8. The lowest BCUT2D eigenvalue weighted by Gasteiger charge is -2.12. The highest BCUT2D eigenvalue weighted by Gasteiger charge is 2.08. The molecule has 2 unspecified atom stereocenters. The van der Waals surface area contributed by atoms with Gasteiger partial charge in [0.2, 0.25) is 5.91 Å². The molecule has 5 heteroatoms. The Bertz CT molecular complexity index is 253. The second-order valence-corrected chi connectivity index (χ2v) is 5.29. The summed E-state index contributed by atoms with van der Waals surface area (Å²) in [5.41, 5.74) is 0. The molecule has 0 aromatic carbocycles. The number of carbonyl (C=O) groups excluding carboxylic acids is 2. The van der Waals surface area contributed by atoms with Crippen LogP contribution in [0.3, 0.4) is 0 Å². The summed E-state index contributed by atoms with van der Waals surface area (Å²) in [7, 11) is -0.817. The molecule has 0 aliphatic carbocycles. The van der Waals surface area contributed by atoms with Crippen molar-refractivity contribution < 1.29 is 13.8 Å². The molecule has 0 heterocycles. The minimum absolute atomic E-state index is 0.0208. The van der Waals surface area contributed by atoms with E-state index in [1.165, 1.54) is 6.92 Å². The Labute approximate surface area is 93.3 Å². The Morgan fingerprint density at radius 2 is 1.93 bits per heavy atom. The molecule has 2 atom stereocenters. The second kappa shape index (κ2) is 7.56. The van der Waals surface area contributed by atoms with Gasteiger partial charge in [-0.3, -0.25) is 9.00 Å². The van der Waals surface area contributed by atoms with E-state index in [-0.39, 0.29) is 30.6 Å². The zero-order chi connectivity index (χ0) is 11.8. The van der Waals surface area contributed by atoms with Crippen LogP contribution in [0.2, 0.25) is 0 Å². The molecule has 0 aliphatic rings. The highest BCUT2D eigenvalue weighted by molar-refractivity contribution is 7.84. The lowest BCUT2D eigenvalue weighted by atomic mass is 10.2. The van der Waals surface area contributed by atoms with E-state index < -0.39 is 10.8 Å². The first kappa shape index (κ1) is 14.3. The van der Waals surface area contributed by atoms with Crippen LogP contribution in [0.15, 0.2) is 0 Å². The largest absolute Gasteiger partial charge is 0.354 e. The van der Waals surface area contributed by atoms with E-state index in [1.807, 2.05) is 6.92 Å². The van der Waals surface area contributed by atoms with Gasteiger partial charge in [-0.15, -0.1) is 0 Å². The van der Waals surface area contributed by atoms with E-state index in [0.717, 1.165) is 0 Å². The number of Topliss-reactive ketones (excluding diaryl/α,β-unsaturated/α-hetero) is 1. The number of hydrogen-bond donors (Lipinski definition) is 1. The topological polar surface area (TPSA) is 63.2 Å². The first-order valence-electron chi connectivity index (χ1n) is 5.00. The summed E-state index contributed by atoms with van der Waals surface area (Å²) in [5.74, 6) is 0.501. The quantitative estimate of drug-likeness (QED) is 0.701. The minimum Gasteiger partial charge on any atom is -0.354 e. The molecule has 1 amide bonds. The third kappa shape index (κ3) is 9.59. The van der Waals surface area contributed by atoms with Crippen LogP contribution in [0.1, 0.15) is 33.1 Å². The number of hydrogen-bond acceptors (Lipinski definition) is 3. The molecular formula is C10H19NO3S. The van der Waals surface area contributed by atoms with Gasteiger partial charge in [0.05, 0.1) is 0 Å². The molecule has 0 fully saturated rings. The number of amides is 1. The Morgan fingerprint density at radius 1 is 1.33 bits per heavy atom. The predicted molar refractivity (Wildman–Crippen MR) is 61.1 cm³/mol. The molecule has 0 aromatic heterocycles. The van der Waals surface area contributed by atoms with Crippen LogP contribution in [-0.2, 0) is 20.4 Å². The van der Waals surface area contributed by atoms with Crippen molar-refractivity contribution in [2.24, 2.45) is 0 Å². The Kier molecular flexibility index (Phi) is 7.21. The molecule has 15 heavy (non-hydrogen) atoms. The fourth-order valence-corrected chi connectivity index (χ4v) is 1.74. The lowest BCUT2D eigenvalue weighted by molar-refractivity contribution is -0.125. The van der Waals surface area contributed by atoms with E-state index in [1.54, 1.807) is 6.26 Å². The zero-order valence-corrected chi connectivity index (χ0v) is 10.4. The van der Waals surface area contributed by atoms with Gasteiger partial charge in [0.15, 0.2) is 0 Å². The highest BCUT2D eigenvalue weighted by Crippen LogP contribution is 1.96. The van der Waals surface area contributed by atoms with Crippen molar-refractivity contribution in [1.82, 2.24) is 5.32 Å². The van der Waals surface area contributed by atoms with E-state index in [4.69, 9.17) is 0 Å². The van der Waals surface area contributed by atoms with Gasteiger partial charge >= 0.3 is 0 Å². The molecule has 0 radical (unpaired) electrons. The Morgan fingerprint density at radius 3 is 2.40 bits per heavy atom.